The molecule has 0 heterocycles. The molecule has 1 aromatic carbocycles. The van der Waals surface area contributed by atoms with E-state index >= 15 is 0 Å². The molecular weight excluding hydrogens is 228 g/mol. The van der Waals surface area contributed by atoms with Crippen molar-refractivity contribution < 1.29 is 9.84 Å². The van der Waals surface area contributed by atoms with Crippen LogP contribution in [0.5, 0.6) is 0 Å². The fraction of sp³-hybridized carbons (Fsp3) is 0.364. The third-order valence-electron chi connectivity index (χ3n) is 1.99. The van der Waals surface area contributed by atoms with E-state index in [1.807, 2.05) is 6.07 Å². The van der Waals surface area contributed by atoms with E-state index in [0.717, 1.165) is 5.69 Å². The van der Waals surface area contributed by atoms with Crippen molar-refractivity contribution in [2.45, 2.75) is 6.10 Å². The first kappa shape index (κ1) is 12.8. The summed E-state index contributed by atoms with van der Waals surface area (Å²) < 4.78 is 4.79. The molecule has 0 saturated carbocycles. The summed E-state index contributed by atoms with van der Waals surface area (Å²) in [5.41, 5.74) is 1.20. The van der Waals surface area contributed by atoms with Crippen molar-refractivity contribution >= 4 is 17.3 Å². The van der Waals surface area contributed by atoms with Crippen LogP contribution in [-0.2, 0) is 4.74 Å². The van der Waals surface area contributed by atoms with Gasteiger partial charge in [-0.2, -0.15) is 5.26 Å². The van der Waals surface area contributed by atoms with Gasteiger partial charge >= 0.3 is 0 Å². The Kier molecular flexibility index (Phi) is 5.06. The first-order valence-electron chi connectivity index (χ1n) is 4.78. The fourth-order valence-corrected chi connectivity index (χ4v) is 1.43. The molecule has 0 aliphatic carbocycles. The van der Waals surface area contributed by atoms with Crippen LogP contribution in [0, 0.1) is 11.3 Å². The zero-order valence-electron chi connectivity index (χ0n) is 8.90. The lowest BCUT2D eigenvalue weighted by Crippen LogP contribution is -2.24. The SMILES string of the molecule is COCC(O)CNc1ccc(C#N)c(Cl)c1. The van der Waals surface area contributed by atoms with Crippen molar-refractivity contribution in [3.63, 3.8) is 0 Å². The van der Waals surface area contributed by atoms with Gasteiger partial charge in [-0.1, -0.05) is 11.6 Å². The summed E-state index contributed by atoms with van der Waals surface area (Å²) in [6.07, 6.45) is -0.570. The molecular formula is C11H13ClN2O2. The summed E-state index contributed by atoms with van der Waals surface area (Å²) in [7, 11) is 1.53. The number of nitrogens with one attached hydrogen (secondary N) is 1. The molecule has 5 heteroatoms. The highest BCUT2D eigenvalue weighted by molar-refractivity contribution is 6.32. The van der Waals surface area contributed by atoms with Crippen LogP contribution in [-0.4, -0.2) is 31.5 Å². The molecule has 0 aliphatic heterocycles. The summed E-state index contributed by atoms with van der Waals surface area (Å²) in [6, 6.07) is 7.00. The number of anilines is 1. The van der Waals surface area contributed by atoms with E-state index in [1.165, 1.54) is 7.11 Å². The lowest BCUT2D eigenvalue weighted by Gasteiger charge is -2.12. The highest BCUT2D eigenvalue weighted by Crippen LogP contribution is 2.19. The van der Waals surface area contributed by atoms with Crippen molar-refractivity contribution in [2.24, 2.45) is 0 Å². The molecule has 86 valence electrons. The number of ether oxygens (including phenoxy) is 1. The van der Waals surface area contributed by atoms with Gasteiger partial charge in [-0.05, 0) is 18.2 Å². The Bertz CT molecular complexity index is 390. The number of hydrogen-bond acceptors (Lipinski definition) is 4. The zero-order chi connectivity index (χ0) is 12.0. The quantitative estimate of drug-likeness (QED) is 0.821. The van der Waals surface area contributed by atoms with Gasteiger partial charge in [0.1, 0.15) is 6.07 Å². The molecule has 1 unspecified atom stereocenters. The van der Waals surface area contributed by atoms with E-state index in [-0.39, 0.29) is 6.61 Å². The number of nitriles is 1. The van der Waals surface area contributed by atoms with Crippen molar-refractivity contribution in [3.05, 3.63) is 28.8 Å². The van der Waals surface area contributed by atoms with Crippen LogP contribution >= 0.6 is 11.6 Å². The molecule has 2 N–H and O–H groups in total. The largest absolute Gasteiger partial charge is 0.389 e. The maximum atomic E-state index is 9.41. The number of aliphatic hydroxyl groups is 1. The highest BCUT2D eigenvalue weighted by Gasteiger charge is 2.04. The summed E-state index contributed by atoms with van der Waals surface area (Å²) >= 11 is 5.86. The van der Waals surface area contributed by atoms with Crippen LogP contribution in [0.15, 0.2) is 18.2 Å². The monoisotopic (exact) mass is 240 g/mol. The molecule has 4 nitrogen and oxygen atoms in total. The Labute approximate surface area is 99.4 Å². The second kappa shape index (κ2) is 6.33. The smallest absolute Gasteiger partial charge is 0.101 e. The molecule has 0 radical (unpaired) electrons. The fourth-order valence-electron chi connectivity index (χ4n) is 1.20. The van der Waals surface area contributed by atoms with Gasteiger partial charge in [0.15, 0.2) is 0 Å². The molecule has 0 spiro atoms. The van der Waals surface area contributed by atoms with Crippen LogP contribution in [0.25, 0.3) is 0 Å². The number of benzene rings is 1. The van der Waals surface area contributed by atoms with Crippen LogP contribution in [0.3, 0.4) is 0 Å². The summed E-state index contributed by atoms with van der Waals surface area (Å²) in [6.45, 7) is 0.646. The second-order valence-corrected chi connectivity index (χ2v) is 3.70. The van der Waals surface area contributed by atoms with E-state index in [9.17, 15) is 5.11 Å². The minimum Gasteiger partial charge on any atom is -0.389 e. The van der Waals surface area contributed by atoms with E-state index < -0.39 is 6.10 Å². The van der Waals surface area contributed by atoms with Gasteiger partial charge in [0, 0.05) is 19.3 Å². The molecule has 1 rings (SSSR count). The molecule has 0 aliphatic rings. The number of nitrogens with zero attached hydrogens (tertiary/aromatic N) is 1. The van der Waals surface area contributed by atoms with Crippen LogP contribution in [0.1, 0.15) is 5.56 Å². The van der Waals surface area contributed by atoms with Gasteiger partial charge < -0.3 is 15.2 Å². The minimum absolute atomic E-state index is 0.275. The molecule has 0 bridgehead atoms. The number of halogens is 1. The van der Waals surface area contributed by atoms with Crippen LogP contribution in [0.2, 0.25) is 5.02 Å². The lowest BCUT2D eigenvalue weighted by atomic mass is 10.2. The zero-order valence-corrected chi connectivity index (χ0v) is 9.66. The predicted octanol–water partition coefficient (Wildman–Crippen LogP) is 1.63. The van der Waals surface area contributed by atoms with Crippen molar-refractivity contribution in [1.82, 2.24) is 0 Å². The van der Waals surface area contributed by atoms with Gasteiger partial charge in [0.2, 0.25) is 0 Å². The first-order valence-corrected chi connectivity index (χ1v) is 5.15. The third kappa shape index (κ3) is 3.70. The molecule has 0 aromatic heterocycles. The predicted molar refractivity (Wildman–Crippen MR) is 62.5 cm³/mol. The maximum absolute atomic E-state index is 9.41. The Morgan fingerprint density at radius 2 is 2.38 bits per heavy atom. The van der Waals surface area contributed by atoms with Gasteiger partial charge in [0.25, 0.3) is 0 Å². The number of methoxy groups -OCH3 is 1. The summed E-state index contributed by atoms with van der Waals surface area (Å²) in [5, 5.41) is 21.5. The minimum atomic E-state index is -0.570. The van der Waals surface area contributed by atoms with E-state index in [1.54, 1.807) is 18.2 Å². The lowest BCUT2D eigenvalue weighted by molar-refractivity contribution is 0.0727. The third-order valence-corrected chi connectivity index (χ3v) is 2.30. The van der Waals surface area contributed by atoms with Gasteiger partial charge in [0.05, 0.1) is 23.3 Å². The maximum Gasteiger partial charge on any atom is 0.101 e. The van der Waals surface area contributed by atoms with Crippen LogP contribution in [0.4, 0.5) is 5.69 Å². The Morgan fingerprint density at radius 3 is 2.94 bits per heavy atom. The van der Waals surface area contributed by atoms with Crippen LogP contribution < -0.4 is 5.32 Å². The summed E-state index contributed by atoms with van der Waals surface area (Å²) in [5.74, 6) is 0. The topological polar surface area (TPSA) is 65.3 Å². The van der Waals surface area contributed by atoms with Gasteiger partial charge in [-0.3, -0.25) is 0 Å². The standard InChI is InChI=1S/C11H13ClN2O2/c1-16-7-10(15)6-14-9-3-2-8(5-13)11(12)4-9/h2-4,10,14-15H,6-7H2,1H3. The average molecular weight is 241 g/mol. The number of rotatable bonds is 5. The van der Waals surface area contributed by atoms with Gasteiger partial charge in [-0.15, -0.1) is 0 Å². The van der Waals surface area contributed by atoms with E-state index in [2.05, 4.69) is 5.32 Å². The first-order chi connectivity index (χ1) is 7.67. The van der Waals surface area contributed by atoms with E-state index in [0.29, 0.717) is 17.1 Å². The number of aliphatic hydroxyl groups excluding tert-OH is 1. The normalized spacial score (nSPS) is 11.9. The number of hydrogen-bond donors (Lipinski definition) is 2. The van der Waals surface area contributed by atoms with E-state index in [4.69, 9.17) is 21.6 Å². The highest BCUT2D eigenvalue weighted by atomic mass is 35.5. The molecule has 1 aromatic rings. The summed E-state index contributed by atoms with van der Waals surface area (Å²) in [4.78, 5) is 0. The Morgan fingerprint density at radius 1 is 1.62 bits per heavy atom. The second-order valence-electron chi connectivity index (χ2n) is 3.30. The van der Waals surface area contributed by atoms with Crippen molar-refractivity contribution in [3.8, 4) is 6.07 Å². The molecule has 1 atom stereocenters. The Balaban J connectivity index is 2.56. The van der Waals surface area contributed by atoms with Crippen molar-refractivity contribution in [2.75, 3.05) is 25.6 Å². The average Bonchev–Trinajstić information content (AvgIpc) is 2.27. The molecule has 0 amide bonds. The molecule has 16 heavy (non-hydrogen) atoms. The Hall–Kier alpha value is -1.28. The van der Waals surface area contributed by atoms with Gasteiger partial charge in [-0.25, -0.2) is 0 Å². The van der Waals surface area contributed by atoms with Crippen molar-refractivity contribution in [1.29, 1.82) is 5.26 Å². The molecule has 0 fully saturated rings. The molecule has 0 saturated heterocycles.